The van der Waals surface area contributed by atoms with Gasteiger partial charge >= 0.3 is 0 Å². The number of halogens is 1. The number of alkyl halides is 1. The summed E-state index contributed by atoms with van der Waals surface area (Å²) in [5.41, 5.74) is 1.09. The SMILES string of the molecule is Cc1cnc(N2CC(C)OC(CBr)C2)nc1. The van der Waals surface area contributed by atoms with Crippen molar-refractivity contribution in [2.24, 2.45) is 0 Å². The Hall–Kier alpha value is -0.680. The third-order valence-corrected chi connectivity index (χ3v) is 3.27. The van der Waals surface area contributed by atoms with E-state index in [1.165, 1.54) is 0 Å². The van der Waals surface area contributed by atoms with Crippen molar-refractivity contribution < 1.29 is 4.74 Å². The quantitative estimate of drug-likeness (QED) is 0.777. The summed E-state index contributed by atoms with van der Waals surface area (Å²) in [7, 11) is 0. The highest BCUT2D eigenvalue weighted by Gasteiger charge is 2.25. The molecule has 2 rings (SSSR count). The molecule has 0 aliphatic carbocycles. The minimum Gasteiger partial charge on any atom is -0.371 e. The Morgan fingerprint density at radius 3 is 2.75 bits per heavy atom. The first-order valence-corrected chi connectivity index (χ1v) is 6.56. The molecule has 2 atom stereocenters. The Labute approximate surface area is 104 Å². The number of hydrogen-bond acceptors (Lipinski definition) is 4. The van der Waals surface area contributed by atoms with E-state index < -0.39 is 0 Å². The van der Waals surface area contributed by atoms with Crippen LogP contribution in [0.5, 0.6) is 0 Å². The number of morpholine rings is 1. The van der Waals surface area contributed by atoms with Crippen LogP contribution in [0, 0.1) is 6.92 Å². The molecule has 1 aliphatic heterocycles. The fourth-order valence-corrected chi connectivity index (χ4v) is 2.20. The Bertz CT molecular complexity index is 344. The van der Waals surface area contributed by atoms with Crippen LogP contribution in [0.15, 0.2) is 12.4 Å². The van der Waals surface area contributed by atoms with Gasteiger partial charge in [0.2, 0.25) is 5.95 Å². The van der Waals surface area contributed by atoms with Crippen LogP contribution < -0.4 is 4.90 Å². The van der Waals surface area contributed by atoms with Gasteiger partial charge in [0.1, 0.15) is 0 Å². The van der Waals surface area contributed by atoms with E-state index >= 15 is 0 Å². The maximum absolute atomic E-state index is 5.77. The Morgan fingerprint density at radius 1 is 1.44 bits per heavy atom. The topological polar surface area (TPSA) is 38.2 Å². The Balaban J connectivity index is 2.11. The molecule has 88 valence electrons. The van der Waals surface area contributed by atoms with Crippen molar-refractivity contribution in [2.75, 3.05) is 23.3 Å². The minimum atomic E-state index is 0.216. The monoisotopic (exact) mass is 285 g/mol. The van der Waals surface area contributed by atoms with Crippen molar-refractivity contribution in [2.45, 2.75) is 26.1 Å². The summed E-state index contributed by atoms with van der Waals surface area (Å²) in [6.45, 7) is 5.77. The lowest BCUT2D eigenvalue weighted by Crippen LogP contribution is -2.48. The molecule has 1 saturated heterocycles. The van der Waals surface area contributed by atoms with Gasteiger partial charge < -0.3 is 9.64 Å². The van der Waals surface area contributed by atoms with Crippen molar-refractivity contribution >= 4 is 21.9 Å². The number of nitrogens with zero attached hydrogens (tertiary/aromatic N) is 3. The van der Waals surface area contributed by atoms with E-state index in [1.807, 2.05) is 19.3 Å². The molecule has 1 aromatic rings. The molecular weight excluding hydrogens is 270 g/mol. The molecular formula is C11H16BrN3O. The van der Waals surface area contributed by atoms with Crippen molar-refractivity contribution in [3.05, 3.63) is 18.0 Å². The average Bonchev–Trinajstić information content (AvgIpc) is 2.29. The van der Waals surface area contributed by atoms with Gasteiger partial charge in [0.15, 0.2) is 0 Å². The summed E-state index contributed by atoms with van der Waals surface area (Å²) >= 11 is 3.46. The maximum atomic E-state index is 5.77. The van der Waals surface area contributed by atoms with Gasteiger partial charge in [-0.3, -0.25) is 0 Å². The molecule has 1 aliphatic rings. The molecule has 1 aromatic heterocycles. The molecule has 2 heterocycles. The Morgan fingerprint density at radius 2 is 2.12 bits per heavy atom. The summed E-state index contributed by atoms with van der Waals surface area (Å²) in [6, 6.07) is 0. The lowest BCUT2D eigenvalue weighted by atomic mass is 10.2. The summed E-state index contributed by atoms with van der Waals surface area (Å²) in [5, 5.41) is 0.847. The summed E-state index contributed by atoms with van der Waals surface area (Å²) in [5.74, 6) is 0.798. The van der Waals surface area contributed by atoms with Crippen molar-refractivity contribution in [3.63, 3.8) is 0 Å². The molecule has 0 spiro atoms. The van der Waals surface area contributed by atoms with Crippen LogP contribution in [0.3, 0.4) is 0 Å². The second-order valence-electron chi connectivity index (χ2n) is 4.19. The van der Waals surface area contributed by atoms with E-state index in [9.17, 15) is 0 Å². The van der Waals surface area contributed by atoms with Crippen molar-refractivity contribution in [1.29, 1.82) is 0 Å². The molecule has 0 N–H and O–H groups in total. The summed E-state index contributed by atoms with van der Waals surface area (Å²) in [6.07, 6.45) is 4.15. The second-order valence-corrected chi connectivity index (χ2v) is 4.84. The molecule has 0 bridgehead atoms. The zero-order chi connectivity index (χ0) is 11.5. The fourth-order valence-electron chi connectivity index (χ4n) is 1.84. The predicted molar refractivity (Wildman–Crippen MR) is 67.1 cm³/mol. The number of rotatable bonds is 2. The number of aromatic nitrogens is 2. The molecule has 5 heteroatoms. The smallest absolute Gasteiger partial charge is 0.225 e. The predicted octanol–water partition coefficient (Wildman–Crippen LogP) is 1.77. The zero-order valence-electron chi connectivity index (χ0n) is 9.56. The number of anilines is 1. The lowest BCUT2D eigenvalue weighted by molar-refractivity contribution is -0.00249. The number of aryl methyl sites for hydroxylation is 1. The minimum absolute atomic E-state index is 0.216. The molecule has 1 fully saturated rings. The van der Waals surface area contributed by atoms with Crippen LogP contribution in [0.2, 0.25) is 0 Å². The molecule has 0 amide bonds. The first kappa shape index (κ1) is 11.8. The normalized spacial score (nSPS) is 25.8. The van der Waals surface area contributed by atoms with Gasteiger partial charge in [0.05, 0.1) is 12.2 Å². The third-order valence-electron chi connectivity index (χ3n) is 2.55. The van der Waals surface area contributed by atoms with Gasteiger partial charge in [-0.1, -0.05) is 15.9 Å². The van der Waals surface area contributed by atoms with Gasteiger partial charge in [0, 0.05) is 30.8 Å². The van der Waals surface area contributed by atoms with Crippen LogP contribution in [0.1, 0.15) is 12.5 Å². The van der Waals surface area contributed by atoms with Crippen LogP contribution in [0.4, 0.5) is 5.95 Å². The van der Waals surface area contributed by atoms with E-state index in [1.54, 1.807) is 0 Å². The number of hydrogen-bond donors (Lipinski definition) is 0. The summed E-state index contributed by atoms with van der Waals surface area (Å²) in [4.78, 5) is 10.9. The molecule has 2 unspecified atom stereocenters. The Kier molecular flexibility index (Phi) is 3.76. The van der Waals surface area contributed by atoms with Crippen LogP contribution in [0.25, 0.3) is 0 Å². The molecule has 4 nitrogen and oxygen atoms in total. The fraction of sp³-hybridized carbons (Fsp3) is 0.636. The van der Waals surface area contributed by atoms with Gasteiger partial charge in [-0.25, -0.2) is 9.97 Å². The van der Waals surface area contributed by atoms with Crippen LogP contribution in [-0.2, 0) is 4.74 Å². The first-order valence-electron chi connectivity index (χ1n) is 5.44. The lowest BCUT2D eigenvalue weighted by Gasteiger charge is -2.36. The molecule has 16 heavy (non-hydrogen) atoms. The van der Waals surface area contributed by atoms with Crippen molar-refractivity contribution in [3.8, 4) is 0 Å². The van der Waals surface area contributed by atoms with E-state index in [0.717, 1.165) is 29.9 Å². The van der Waals surface area contributed by atoms with Crippen LogP contribution >= 0.6 is 15.9 Å². The maximum Gasteiger partial charge on any atom is 0.225 e. The zero-order valence-corrected chi connectivity index (χ0v) is 11.1. The van der Waals surface area contributed by atoms with E-state index in [4.69, 9.17) is 4.74 Å². The van der Waals surface area contributed by atoms with Gasteiger partial charge in [-0.05, 0) is 19.4 Å². The van der Waals surface area contributed by atoms with Gasteiger partial charge in [-0.15, -0.1) is 0 Å². The van der Waals surface area contributed by atoms with E-state index in [-0.39, 0.29) is 12.2 Å². The third kappa shape index (κ3) is 2.71. The highest BCUT2D eigenvalue weighted by Crippen LogP contribution is 2.17. The van der Waals surface area contributed by atoms with E-state index in [2.05, 4.69) is 37.7 Å². The molecule has 0 saturated carbocycles. The summed E-state index contributed by atoms with van der Waals surface area (Å²) < 4.78 is 5.77. The standard InChI is InChI=1S/C11H16BrN3O/c1-8-4-13-11(14-5-8)15-6-9(2)16-10(3-12)7-15/h4-5,9-10H,3,6-7H2,1-2H3. The van der Waals surface area contributed by atoms with Gasteiger partial charge in [0.25, 0.3) is 0 Å². The molecule has 0 aromatic carbocycles. The van der Waals surface area contributed by atoms with Crippen LogP contribution in [-0.4, -0.2) is 40.6 Å². The number of ether oxygens (including phenoxy) is 1. The molecule has 0 radical (unpaired) electrons. The second kappa shape index (κ2) is 5.10. The van der Waals surface area contributed by atoms with Gasteiger partial charge in [-0.2, -0.15) is 0 Å². The van der Waals surface area contributed by atoms with E-state index in [0.29, 0.717) is 0 Å². The largest absolute Gasteiger partial charge is 0.371 e. The van der Waals surface area contributed by atoms with Crippen molar-refractivity contribution in [1.82, 2.24) is 9.97 Å². The average molecular weight is 286 g/mol. The first-order chi connectivity index (χ1) is 7.69. The highest BCUT2D eigenvalue weighted by atomic mass is 79.9. The highest BCUT2D eigenvalue weighted by molar-refractivity contribution is 9.09.